The lowest BCUT2D eigenvalue weighted by Crippen LogP contribution is -2.24. The van der Waals surface area contributed by atoms with E-state index < -0.39 is 0 Å². The smallest absolute Gasteiger partial charge is 0.229 e. The molecule has 1 amide bonds. The summed E-state index contributed by atoms with van der Waals surface area (Å²) in [5, 5.41) is 6.77. The monoisotopic (exact) mass is 325 g/mol. The van der Waals surface area contributed by atoms with E-state index >= 15 is 0 Å². The molecule has 4 nitrogen and oxygen atoms in total. The number of hydrogen-bond donors (Lipinski definition) is 1. The Morgan fingerprint density at radius 2 is 2.37 bits per heavy atom. The van der Waals surface area contributed by atoms with Gasteiger partial charge in [-0.1, -0.05) is 13.0 Å². The molecular weight excluding hydrogens is 313 g/mol. The van der Waals surface area contributed by atoms with Crippen molar-refractivity contribution in [3.05, 3.63) is 46.9 Å². The molecule has 1 heterocycles. The maximum absolute atomic E-state index is 13.0. The third-order valence-corrected chi connectivity index (χ3v) is 3.01. The molecule has 0 bridgehead atoms. The lowest BCUT2D eigenvalue weighted by Gasteiger charge is -2.12. The van der Waals surface area contributed by atoms with Crippen LogP contribution in [0.4, 0.5) is 10.1 Å². The molecule has 0 aliphatic carbocycles. The first kappa shape index (κ1) is 13.7. The minimum Gasteiger partial charge on any atom is -0.326 e. The van der Waals surface area contributed by atoms with E-state index in [9.17, 15) is 9.18 Å². The van der Waals surface area contributed by atoms with E-state index in [2.05, 4.69) is 26.3 Å². The van der Waals surface area contributed by atoms with Gasteiger partial charge in [-0.15, -0.1) is 0 Å². The van der Waals surface area contributed by atoms with Crippen LogP contribution in [-0.2, 0) is 11.3 Å². The molecule has 19 heavy (non-hydrogen) atoms. The van der Waals surface area contributed by atoms with Crippen molar-refractivity contribution in [1.82, 2.24) is 9.78 Å². The SMILES string of the molecule is C[C@H](Cn1cc(Br)cn1)C(=O)Nc1cccc(F)c1. The largest absolute Gasteiger partial charge is 0.326 e. The Kier molecular flexibility index (Phi) is 4.31. The van der Waals surface area contributed by atoms with E-state index in [1.165, 1.54) is 12.1 Å². The Morgan fingerprint density at radius 3 is 3.00 bits per heavy atom. The molecule has 0 aliphatic heterocycles. The Labute approximate surface area is 118 Å². The Bertz CT molecular complexity index is 585. The average Bonchev–Trinajstić information content (AvgIpc) is 2.74. The second-order valence-electron chi connectivity index (χ2n) is 4.28. The number of nitrogens with zero attached hydrogens (tertiary/aromatic N) is 2. The van der Waals surface area contributed by atoms with Crippen LogP contribution in [0, 0.1) is 11.7 Å². The van der Waals surface area contributed by atoms with Crippen LogP contribution < -0.4 is 5.32 Å². The summed E-state index contributed by atoms with van der Waals surface area (Å²) in [5.41, 5.74) is 0.457. The number of aromatic nitrogens is 2. The van der Waals surface area contributed by atoms with Gasteiger partial charge in [-0.2, -0.15) is 5.10 Å². The highest BCUT2D eigenvalue weighted by Crippen LogP contribution is 2.12. The average molecular weight is 326 g/mol. The first-order valence-electron chi connectivity index (χ1n) is 5.79. The zero-order valence-electron chi connectivity index (χ0n) is 10.3. The summed E-state index contributed by atoms with van der Waals surface area (Å²) in [5.74, 6) is -0.811. The molecular formula is C13H13BrFN3O. The molecule has 2 aromatic rings. The van der Waals surface area contributed by atoms with Gasteiger partial charge in [-0.3, -0.25) is 9.48 Å². The molecule has 0 aliphatic rings. The minimum atomic E-state index is -0.374. The molecule has 0 spiro atoms. The van der Waals surface area contributed by atoms with Crippen molar-refractivity contribution < 1.29 is 9.18 Å². The maximum atomic E-state index is 13.0. The standard InChI is InChI=1S/C13H13BrFN3O/c1-9(7-18-8-10(14)6-16-18)13(19)17-12-4-2-3-11(15)5-12/h2-6,8-9H,7H2,1H3,(H,17,19)/t9-/m1/s1. The number of benzene rings is 1. The molecule has 0 fully saturated rings. The molecule has 0 saturated carbocycles. The predicted molar refractivity (Wildman–Crippen MR) is 74.1 cm³/mol. The van der Waals surface area contributed by atoms with Gasteiger partial charge in [0, 0.05) is 11.9 Å². The highest BCUT2D eigenvalue weighted by Gasteiger charge is 2.14. The Hall–Kier alpha value is -1.69. The fraction of sp³-hybridized carbons (Fsp3) is 0.231. The highest BCUT2D eigenvalue weighted by atomic mass is 79.9. The second-order valence-corrected chi connectivity index (χ2v) is 5.20. The third-order valence-electron chi connectivity index (χ3n) is 2.60. The van der Waals surface area contributed by atoms with Crippen LogP contribution in [0.3, 0.4) is 0 Å². The first-order chi connectivity index (χ1) is 9.04. The molecule has 1 aromatic carbocycles. The van der Waals surface area contributed by atoms with Crippen molar-refractivity contribution in [2.45, 2.75) is 13.5 Å². The van der Waals surface area contributed by atoms with Crippen LogP contribution in [-0.4, -0.2) is 15.7 Å². The summed E-state index contributed by atoms with van der Waals surface area (Å²) >= 11 is 3.30. The van der Waals surface area contributed by atoms with Gasteiger partial charge >= 0.3 is 0 Å². The van der Waals surface area contributed by atoms with Crippen molar-refractivity contribution in [2.24, 2.45) is 5.92 Å². The summed E-state index contributed by atoms with van der Waals surface area (Å²) in [6.07, 6.45) is 3.46. The molecule has 0 unspecified atom stereocenters. The molecule has 1 N–H and O–H groups in total. The van der Waals surface area contributed by atoms with Crippen molar-refractivity contribution in [3.8, 4) is 0 Å². The van der Waals surface area contributed by atoms with Gasteiger partial charge in [-0.05, 0) is 34.1 Å². The number of carbonyl (C=O) groups is 1. The molecule has 1 aromatic heterocycles. The van der Waals surface area contributed by atoms with Gasteiger partial charge in [0.2, 0.25) is 5.91 Å². The van der Waals surface area contributed by atoms with Gasteiger partial charge in [-0.25, -0.2) is 4.39 Å². The summed E-state index contributed by atoms with van der Waals surface area (Å²) in [6.45, 7) is 2.26. The van der Waals surface area contributed by atoms with E-state index in [1.54, 1.807) is 36.1 Å². The van der Waals surface area contributed by atoms with Gasteiger partial charge in [0.1, 0.15) is 5.82 Å². The summed E-state index contributed by atoms with van der Waals surface area (Å²) in [7, 11) is 0. The number of amides is 1. The van der Waals surface area contributed by atoms with E-state index in [0.717, 1.165) is 4.47 Å². The summed E-state index contributed by atoms with van der Waals surface area (Å²) in [6, 6.07) is 5.83. The molecule has 2 rings (SSSR count). The highest BCUT2D eigenvalue weighted by molar-refractivity contribution is 9.10. The Morgan fingerprint density at radius 1 is 1.58 bits per heavy atom. The number of nitrogens with one attached hydrogen (secondary N) is 1. The number of rotatable bonds is 4. The third kappa shape index (κ3) is 3.89. The van der Waals surface area contributed by atoms with Gasteiger partial charge in [0.15, 0.2) is 0 Å². The lowest BCUT2D eigenvalue weighted by atomic mass is 10.1. The minimum absolute atomic E-state index is 0.169. The lowest BCUT2D eigenvalue weighted by molar-refractivity contribution is -0.119. The van der Waals surface area contributed by atoms with Gasteiger partial charge in [0.25, 0.3) is 0 Å². The number of anilines is 1. The zero-order chi connectivity index (χ0) is 13.8. The Balaban J connectivity index is 1.96. The quantitative estimate of drug-likeness (QED) is 0.939. The van der Waals surface area contributed by atoms with Crippen LogP contribution in [0.5, 0.6) is 0 Å². The molecule has 100 valence electrons. The number of hydrogen-bond acceptors (Lipinski definition) is 2. The van der Waals surface area contributed by atoms with Gasteiger partial charge in [0.05, 0.1) is 23.1 Å². The van der Waals surface area contributed by atoms with Crippen LogP contribution in [0.1, 0.15) is 6.92 Å². The summed E-state index contributed by atoms with van der Waals surface area (Å²) in [4.78, 5) is 11.9. The van der Waals surface area contributed by atoms with Crippen molar-refractivity contribution in [3.63, 3.8) is 0 Å². The predicted octanol–water partition coefficient (Wildman–Crippen LogP) is 3.06. The second kappa shape index (κ2) is 5.97. The maximum Gasteiger partial charge on any atom is 0.229 e. The van der Waals surface area contributed by atoms with Crippen molar-refractivity contribution in [1.29, 1.82) is 0 Å². The molecule has 0 saturated heterocycles. The van der Waals surface area contributed by atoms with Crippen molar-refractivity contribution in [2.75, 3.05) is 5.32 Å². The zero-order valence-corrected chi connectivity index (χ0v) is 11.9. The topological polar surface area (TPSA) is 46.9 Å². The first-order valence-corrected chi connectivity index (χ1v) is 6.58. The van der Waals surface area contributed by atoms with Crippen LogP contribution in [0.25, 0.3) is 0 Å². The fourth-order valence-electron chi connectivity index (χ4n) is 1.63. The number of carbonyl (C=O) groups excluding carboxylic acids is 1. The molecule has 6 heteroatoms. The van der Waals surface area contributed by atoms with E-state index in [1.807, 2.05) is 0 Å². The molecule has 0 radical (unpaired) electrons. The van der Waals surface area contributed by atoms with Crippen molar-refractivity contribution >= 4 is 27.5 Å². The van der Waals surface area contributed by atoms with Crippen LogP contribution in [0.2, 0.25) is 0 Å². The fourth-order valence-corrected chi connectivity index (χ4v) is 1.96. The van der Waals surface area contributed by atoms with Crippen LogP contribution in [0.15, 0.2) is 41.1 Å². The van der Waals surface area contributed by atoms with Gasteiger partial charge < -0.3 is 5.32 Å². The molecule has 1 atom stereocenters. The van der Waals surface area contributed by atoms with E-state index in [-0.39, 0.29) is 17.6 Å². The van der Waals surface area contributed by atoms with E-state index in [0.29, 0.717) is 12.2 Å². The van der Waals surface area contributed by atoms with E-state index in [4.69, 9.17) is 0 Å². The normalized spacial score (nSPS) is 12.2. The summed E-state index contributed by atoms with van der Waals surface area (Å²) < 4.78 is 15.5. The number of halogens is 2. The van der Waals surface area contributed by atoms with Crippen LogP contribution >= 0.6 is 15.9 Å².